The van der Waals surface area contributed by atoms with Gasteiger partial charge in [-0.05, 0) is 48.9 Å². The third kappa shape index (κ3) is 5.91. The summed E-state index contributed by atoms with van der Waals surface area (Å²) in [7, 11) is 0. The number of aromatic hydroxyl groups is 1. The van der Waals surface area contributed by atoms with E-state index >= 15 is 0 Å². The largest absolute Gasteiger partial charge is 0.508 e. The number of β-amino-alcohol motifs (C(OH)–C–C–N with tert-alkyl or cyclic N) is 1. The van der Waals surface area contributed by atoms with Gasteiger partial charge < -0.3 is 20.4 Å². The van der Waals surface area contributed by atoms with Crippen molar-refractivity contribution in [1.29, 1.82) is 0 Å². The van der Waals surface area contributed by atoms with Crippen LogP contribution in [0.3, 0.4) is 0 Å². The Kier molecular flexibility index (Phi) is 7.46. The number of hydrogen-bond donors (Lipinski definition) is 3. The van der Waals surface area contributed by atoms with Gasteiger partial charge in [-0.25, -0.2) is 9.38 Å². The van der Waals surface area contributed by atoms with Gasteiger partial charge in [0, 0.05) is 48.4 Å². The number of aliphatic hydroxyl groups is 1. The molecule has 0 bridgehead atoms. The summed E-state index contributed by atoms with van der Waals surface area (Å²) in [5.41, 5.74) is 2.25. The van der Waals surface area contributed by atoms with Crippen molar-refractivity contribution in [1.82, 2.24) is 9.80 Å². The quantitative estimate of drug-likeness (QED) is 0.360. The molecule has 29 heavy (non-hydrogen) atoms. The van der Waals surface area contributed by atoms with Crippen LogP contribution >= 0.6 is 15.9 Å². The highest BCUT2D eigenvalue weighted by molar-refractivity contribution is 9.10. The molecule has 0 saturated carbocycles. The Morgan fingerprint density at radius 1 is 1.17 bits per heavy atom. The van der Waals surface area contributed by atoms with E-state index < -0.39 is 0 Å². The monoisotopic (exact) mass is 464 g/mol. The number of aliphatic imine (C=N–C) groups is 1. The van der Waals surface area contributed by atoms with E-state index in [9.17, 15) is 9.50 Å². The number of nitrogens with one attached hydrogen (secondary N) is 1. The Morgan fingerprint density at radius 2 is 1.93 bits per heavy atom. The molecule has 1 heterocycles. The molecule has 6 nitrogen and oxygen atoms in total. The average molecular weight is 465 g/mol. The van der Waals surface area contributed by atoms with Gasteiger partial charge in [-0.1, -0.05) is 15.9 Å². The number of rotatable bonds is 5. The van der Waals surface area contributed by atoms with Crippen molar-refractivity contribution in [3.8, 4) is 5.75 Å². The minimum atomic E-state index is -0.287. The van der Waals surface area contributed by atoms with Crippen molar-refractivity contribution in [2.24, 2.45) is 4.99 Å². The van der Waals surface area contributed by atoms with E-state index in [-0.39, 0.29) is 24.7 Å². The first-order valence-electron chi connectivity index (χ1n) is 9.59. The number of benzene rings is 2. The van der Waals surface area contributed by atoms with Crippen molar-refractivity contribution < 1.29 is 14.6 Å². The molecule has 1 fully saturated rings. The molecule has 0 amide bonds. The highest BCUT2D eigenvalue weighted by Crippen LogP contribution is 2.21. The molecule has 8 heteroatoms. The summed E-state index contributed by atoms with van der Waals surface area (Å²) in [6, 6.07) is 9.96. The predicted octanol–water partition coefficient (Wildman–Crippen LogP) is 3.18. The van der Waals surface area contributed by atoms with Gasteiger partial charge >= 0.3 is 0 Å². The Labute approximate surface area is 178 Å². The Morgan fingerprint density at radius 3 is 2.62 bits per heavy atom. The number of phenolic OH excluding ortho intramolecular Hbond substituents is 1. The van der Waals surface area contributed by atoms with Crippen LogP contribution in [0.5, 0.6) is 5.75 Å². The van der Waals surface area contributed by atoms with E-state index in [1.54, 1.807) is 24.3 Å². The second kappa shape index (κ2) is 10.0. The first-order chi connectivity index (χ1) is 14.0. The topological polar surface area (TPSA) is 71.3 Å². The zero-order chi connectivity index (χ0) is 20.8. The maximum Gasteiger partial charge on any atom is 0.198 e. The first-order valence-corrected chi connectivity index (χ1v) is 10.4. The van der Waals surface area contributed by atoms with Crippen LogP contribution in [-0.4, -0.2) is 65.3 Å². The summed E-state index contributed by atoms with van der Waals surface area (Å²) in [5, 5.41) is 22.2. The van der Waals surface area contributed by atoms with Crippen LogP contribution in [0.25, 0.3) is 0 Å². The molecule has 0 atom stereocenters. The number of piperazine rings is 1. The zero-order valence-electron chi connectivity index (χ0n) is 16.4. The number of anilines is 1. The number of aryl methyl sites for hydroxylation is 1. The van der Waals surface area contributed by atoms with Gasteiger partial charge in [-0.2, -0.15) is 0 Å². The lowest BCUT2D eigenvalue weighted by atomic mass is 10.2. The molecule has 1 aliphatic rings. The van der Waals surface area contributed by atoms with Crippen molar-refractivity contribution in [2.45, 2.75) is 13.5 Å². The summed E-state index contributed by atoms with van der Waals surface area (Å²) >= 11 is 3.38. The molecule has 2 aromatic carbocycles. The van der Waals surface area contributed by atoms with Crippen LogP contribution in [0.1, 0.15) is 11.1 Å². The molecule has 0 aromatic heterocycles. The molecule has 156 valence electrons. The van der Waals surface area contributed by atoms with E-state index in [1.807, 2.05) is 13.0 Å². The van der Waals surface area contributed by atoms with Crippen molar-refractivity contribution in [3.05, 3.63) is 57.8 Å². The number of aliphatic hydroxyl groups excluding tert-OH is 1. The van der Waals surface area contributed by atoms with Crippen molar-refractivity contribution >= 4 is 27.6 Å². The fraction of sp³-hybridized carbons (Fsp3) is 0.381. The molecule has 2 aromatic rings. The predicted molar refractivity (Wildman–Crippen MR) is 117 cm³/mol. The van der Waals surface area contributed by atoms with Gasteiger partial charge in [-0.3, -0.25) is 4.90 Å². The minimum absolute atomic E-state index is 0.147. The Balaban J connectivity index is 1.81. The molecule has 1 aliphatic heterocycles. The van der Waals surface area contributed by atoms with Crippen LogP contribution < -0.4 is 5.32 Å². The van der Waals surface area contributed by atoms with Crippen LogP contribution in [0, 0.1) is 12.7 Å². The van der Waals surface area contributed by atoms with Gasteiger partial charge in [0.2, 0.25) is 0 Å². The van der Waals surface area contributed by atoms with Gasteiger partial charge in [-0.15, -0.1) is 0 Å². The minimum Gasteiger partial charge on any atom is -0.508 e. The van der Waals surface area contributed by atoms with Gasteiger partial charge in [0.25, 0.3) is 0 Å². The molecule has 3 N–H and O–H groups in total. The second-order valence-electron chi connectivity index (χ2n) is 7.05. The van der Waals surface area contributed by atoms with Crippen LogP contribution in [-0.2, 0) is 6.54 Å². The normalized spacial score (nSPS) is 15.6. The molecular formula is C21H26BrFN4O2. The smallest absolute Gasteiger partial charge is 0.198 e. The van der Waals surface area contributed by atoms with Crippen molar-refractivity contribution in [2.75, 3.05) is 44.6 Å². The SMILES string of the molecule is Cc1cc(O)ccc1NC(=NCc1cc(Br)ccc1F)N1CCN(CCO)CC1. The maximum atomic E-state index is 14.2. The highest BCUT2D eigenvalue weighted by Gasteiger charge is 2.20. The summed E-state index contributed by atoms with van der Waals surface area (Å²) in [4.78, 5) is 9.03. The molecule has 0 aliphatic carbocycles. The summed E-state index contributed by atoms with van der Waals surface area (Å²) < 4.78 is 15.0. The Bertz CT molecular complexity index is 870. The van der Waals surface area contributed by atoms with E-state index in [1.165, 1.54) is 6.07 Å². The number of hydrogen-bond acceptors (Lipinski definition) is 4. The molecule has 1 saturated heterocycles. The summed E-state index contributed by atoms with van der Waals surface area (Å²) in [6.07, 6.45) is 0. The van der Waals surface area contributed by atoms with Crippen LogP contribution in [0.15, 0.2) is 45.9 Å². The average Bonchev–Trinajstić information content (AvgIpc) is 2.70. The molecular weight excluding hydrogens is 439 g/mol. The Hall–Kier alpha value is -2.16. The maximum absolute atomic E-state index is 14.2. The third-order valence-corrected chi connectivity index (χ3v) is 5.44. The van der Waals surface area contributed by atoms with Gasteiger partial charge in [0.05, 0.1) is 13.2 Å². The van der Waals surface area contributed by atoms with Crippen LogP contribution in [0.4, 0.5) is 10.1 Å². The van der Waals surface area contributed by atoms with E-state index in [2.05, 4.69) is 36.0 Å². The fourth-order valence-electron chi connectivity index (χ4n) is 3.28. The molecule has 0 spiro atoms. The molecule has 0 unspecified atom stereocenters. The number of guanidine groups is 1. The standard InChI is InChI=1S/C21H26BrFN4O2/c1-15-12-18(29)3-5-20(15)25-21(27-8-6-26(7-9-27)10-11-28)24-14-16-13-17(22)2-4-19(16)23/h2-5,12-13,28-29H,6-11,14H2,1H3,(H,24,25). The number of halogens is 2. The van der Waals surface area contributed by atoms with Gasteiger partial charge in [0.15, 0.2) is 5.96 Å². The lowest BCUT2D eigenvalue weighted by molar-refractivity contribution is 0.147. The lowest BCUT2D eigenvalue weighted by Gasteiger charge is -2.36. The van der Waals surface area contributed by atoms with E-state index in [4.69, 9.17) is 5.11 Å². The molecule has 3 rings (SSSR count). The number of phenols is 1. The van der Waals surface area contributed by atoms with Crippen LogP contribution in [0.2, 0.25) is 0 Å². The summed E-state index contributed by atoms with van der Waals surface area (Å²) in [6.45, 7) is 6.08. The number of nitrogens with zero attached hydrogens (tertiary/aromatic N) is 3. The fourth-order valence-corrected chi connectivity index (χ4v) is 3.68. The van der Waals surface area contributed by atoms with Crippen molar-refractivity contribution in [3.63, 3.8) is 0 Å². The van der Waals surface area contributed by atoms with E-state index in [0.29, 0.717) is 18.1 Å². The van der Waals surface area contributed by atoms with E-state index in [0.717, 1.165) is 41.9 Å². The third-order valence-electron chi connectivity index (χ3n) is 4.95. The molecule has 0 radical (unpaired) electrons. The first kappa shape index (κ1) is 21.5. The summed E-state index contributed by atoms with van der Waals surface area (Å²) in [5.74, 6) is 0.590. The second-order valence-corrected chi connectivity index (χ2v) is 7.97. The van der Waals surface area contributed by atoms with Gasteiger partial charge in [0.1, 0.15) is 11.6 Å². The lowest BCUT2D eigenvalue weighted by Crippen LogP contribution is -2.51. The zero-order valence-corrected chi connectivity index (χ0v) is 18.0. The highest BCUT2D eigenvalue weighted by atomic mass is 79.9.